The summed E-state index contributed by atoms with van der Waals surface area (Å²) in [5.41, 5.74) is 10.4. The van der Waals surface area contributed by atoms with E-state index in [-0.39, 0.29) is 0 Å². The van der Waals surface area contributed by atoms with Gasteiger partial charge in [-0.1, -0.05) is 6.42 Å². The molecule has 16 heteroatoms. The van der Waals surface area contributed by atoms with E-state index in [0.717, 1.165) is 54.4 Å². The van der Waals surface area contributed by atoms with Crippen molar-refractivity contribution >= 4 is 41.8 Å². The van der Waals surface area contributed by atoms with Gasteiger partial charge in [-0.25, -0.2) is 0 Å². The van der Waals surface area contributed by atoms with Gasteiger partial charge in [0.15, 0.2) is 0 Å². The van der Waals surface area contributed by atoms with E-state index in [1.165, 1.54) is 0 Å². The number of aliphatic carboxylic acids is 7. The molecule has 0 bridgehead atoms. The van der Waals surface area contributed by atoms with E-state index in [1.54, 1.807) is 0 Å². The summed E-state index contributed by atoms with van der Waals surface area (Å²) in [7, 11) is 0. The lowest BCUT2D eigenvalue weighted by atomic mass is 10.1. The Bertz CT molecular complexity index is 448. The van der Waals surface area contributed by atoms with Crippen LogP contribution >= 0.6 is 0 Å². The molecule has 1 unspecified atom stereocenters. The van der Waals surface area contributed by atoms with Crippen LogP contribution in [0.5, 0.6) is 0 Å². The van der Waals surface area contributed by atoms with Crippen LogP contribution in [0.1, 0.15) is 60.8 Å². The second kappa shape index (κ2) is 39.7. The first kappa shape index (κ1) is 47.8. The summed E-state index contributed by atoms with van der Waals surface area (Å²) in [6, 6.07) is -0.716. The Kier molecular flexibility index (Phi) is 55.8. The predicted octanol–water partition coefficient (Wildman–Crippen LogP) is 0.0727. The maximum absolute atomic E-state index is 10.1. The minimum Gasteiger partial charge on any atom is -0.481 e. The second-order valence-electron chi connectivity index (χ2n) is 5.34. The van der Waals surface area contributed by atoms with Gasteiger partial charge in [-0.3, -0.25) is 33.6 Å². The van der Waals surface area contributed by atoms with Crippen LogP contribution in [0.25, 0.3) is 0 Å². The summed E-state index contributed by atoms with van der Waals surface area (Å²) in [5.74, 6) is -5.93. The zero-order chi connectivity index (χ0) is 29.4. The third-order valence-corrected chi connectivity index (χ3v) is 1.29. The molecule has 0 heterocycles. The third-order valence-electron chi connectivity index (χ3n) is 1.29. The van der Waals surface area contributed by atoms with Gasteiger partial charge in [-0.2, -0.15) is 0 Å². The highest BCUT2D eigenvalue weighted by Gasteiger charge is 2.09. The Morgan fingerprint density at radius 2 is 0.706 bits per heavy atom. The lowest BCUT2D eigenvalue weighted by molar-refractivity contribution is -0.139. The molecule has 0 aromatic heterocycles. The molecule has 0 aromatic carbocycles. The highest BCUT2D eigenvalue weighted by Crippen LogP contribution is 1.96. The van der Waals surface area contributed by atoms with E-state index in [1.807, 2.05) is 0 Å². The lowest BCUT2D eigenvalue weighted by Crippen LogP contribution is -2.29. The maximum Gasteiger partial charge on any atom is 0.320 e. The zero-order valence-electron chi connectivity index (χ0n) is 20.0. The smallest absolute Gasteiger partial charge is 0.320 e. The average Bonchev–Trinajstić information content (AvgIpc) is 2.51. The Labute approximate surface area is 196 Å². The van der Waals surface area contributed by atoms with Crippen LogP contribution < -0.4 is 11.5 Å². The molecule has 1 atom stereocenters. The van der Waals surface area contributed by atoms with Crippen molar-refractivity contribution in [2.45, 2.75) is 66.8 Å². The monoisotopic (exact) mass is 506 g/mol. The van der Waals surface area contributed by atoms with E-state index < -0.39 is 47.8 Å². The number of carboxylic acids is 7. The molecular weight excluding hydrogens is 468 g/mol. The van der Waals surface area contributed by atoms with E-state index in [4.69, 9.17) is 76.0 Å². The van der Waals surface area contributed by atoms with E-state index in [2.05, 4.69) is 0 Å². The van der Waals surface area contributed by atoms with Crippen molar-refractivity contribution in [2.24, 2.45) is 11.5 Å². The van der Waals surface area contributed by atoms with Crippen molar-refractivity contribution in [3.05, 3.63) is 0 Å². The molecule has 0 aliphatic carbocycles. The topological polar surface area (TPSA) is 313 Å². The SMILES string of the molecule is CC(=O)O.CC(=O)O.CC(=O)O.CC(=O)O.CC(=O)O.CC(=O)O.NCCCCC(N)C(=O)O. The Balaban J connectivity index is -0.0000000526. The summed E-state index contributed by atoms with van der Waals surface area (Å²) in [4.78, 5) is 64.1. The molecule has 34 heavy (non-hydrogen) atoms. The van der Waals surface area contributed by atoms with Gasteiger partial charge in [0.1, 0.15) is 6.04 Å². The molecule has 0 rings (SSSR count). The lowest BCUT2D eigenvalue weighted by Gasteiger charge is -2.03. The van der Waals surface area contributed by atoms with Gasteiger partial charge in [0, 0.05) is 41.5 Å². The largest absolute Gasteiger partial charge is 0.481 e. The van der Waals surface area contributed by atoms with Crippen LogP contribution in [-0.4, -0.2) is 90.1 Å². The van der Waals surface area contributed by atoms with Crippen LogP contribution in [0, 0.1) is 0 Å². The highest BCUT2D eigenvalue weighted by atomic mass is 16.4. The van der Waals surface area contributed by atoms with Crippen molar-refractivity contribution in [2.75, 3.05) is 6.54 Å². The van der Waals surface area contributed by atoms with Gasteiger partial charge in [0.2, 0.25) is 0 Å². The Morgan fingerprint density at radius 1 is 0.529 bits per heavy atom. The number of hydrogen-bond acceptors (Lipinski definition) is 9. The van der Waals surface area contributed by atoms with Crippen LogP contribution in [0.4, 0.5) is 0 Å². The molecule has 16 nitrogen and oxygen atoms in total. The molecule has 0 aliphatic heterocycles. The number of nitrogens with two attached hydrogens (primary N) is 2. The van der Waals surface area contributed by atoms with Crippen molar-refractivity contribution in [3.63, 3.8) is 0 Å². The van der Waals surface area contributed by atoms with Crippen molar-refractivity contribution in [1.82, 2.24) is 0 Å². The zero-order valence-corrected chi connectivity index (χ0v) is 20.0. The fourth-order valence-electron chi connectivity index (χ4n) is 0.632. The highest BCUT2D eigenvalue weighted by molar-refractivity contribution is 5.72. The van der Waals surface area contributed by atoms with Gasteiger partial charge in [-0.05, 0) is 19.4 Å². The molecule has 0 amide bonds. The van der Waals surface area contributed by atoms with Gasteiger partial charge >= 0.3 is 5.97 Å². The van der Waals surface area contributed by atoms with E-state index in [0.29, 0.717) is 13.0 Å². The molecule has 0 spiro atoms. The number of hydrogen-bond donors (Lipinski definition) is 9. The fourth-order valence-corrected chi connectivity index (χ4v) is 0.632. The molecule has 0 aliphatic rings. The number of carbonyl (C=O) groups is 7. The molecule has 11 N–H and O–H groups in total. The van der Waals surface area contributed by atoms with Crippen molar-refractivity contribution < 1.29 is 69.3 Å². The summed E-state index contributed by atoms with van der Waals surface area (Å²) in [5, 5.41) is 52.8. The molecule has 0 saturated carbocycles. The molecule has 204 valence electrons. The quantitative estimate of drug-likeness (QED) is 0.223. The van der Waals surface area contributed by atoms with Gasteiger partial charge < -0.3 is 47.2 Å². The first-order valence-electron chi connectivity index (χ1n) is 8.93. The standard InChI is InChI=1S/C6H14N2O2.6C2H4O2/c7-4-2-1-3-5(8)6(9)10;6*1-2(3)4/h5H,1-4,7-8H2,(H,9,10);6*1H3,(H,3,4). The summed E-state index contributed by atoms with van der Waals surface area (Å²) < 4.78 is 0. The fraction of sp³-hybridized carbons (Fsp3) is 0.611. The first-order chi connectivity index (χ1) is 15.1. The van der Waals surface area contributed by atoms with Crippen LogP contribution in [0.2, 0.25) is 0 Å². The van der Waals surface area contributed by atoms with Crippen molar-refractivity contribution in [1.29, 1.82) is 0 Å². The van der Waals surface area contributed by atoms with Gasteiger partial charge in [-0.15, -0.1) is 0 Å². The maximum atomic E-state index is 10.1. The Morgan fingerprint density at radius 3 is 0.824 bits per heavy atom. The van der Waals surface area contributed by atoms with Crippen molar-refractivity contribution in [3.8, 4) is 0 Å². The molecule has 0 aromatic rings. The normalized spacial score (nSPS) is 8.24. The van der Waals surface area contributed by atoms with Crippen LogP contribution in [-0.2, 0) is 33.6 Å². The molecule has 0 saturated heterocycles. The van der Waals surface area contributed by atoms with Gasteiger partial charge in [0.05, 0.1) is 0 Å². The first-order valence-corrected chi connectivity index (χ1v) is 8.93. The molecule has 0 fully saturated rings. The number of carboxylic acid groups (broad SMARTS) is 7. The molecule has 0 radical (unpaired) electrons. The summed E-state index contributed by atoms with van der Waals surface area (Å²) in [6.45, 7) is 7.10. The average molecular weight is 507 g/mol. The molecular formula is C18H38N2O14. The minimum absolute atomic E-state index is 0.520. The second-order valence-corrected chi connectivity index (χ2v) is 5.34. The predicted molar refractivity (Wildman–Crippen MR) is 118 cm³/mol. The van der Waals surface area contributed by atoms with E-state index >= 15 is 0 Å². The summed E-state index contributed by atoms with van der Waals surface area (Å²) >= 11 is 0. The number of unbranched alkanes of at least 4 members (excludes halogenated alkanes) is 1. The van der Waals surface area contributed by atoms with Crippen LogP contribution in [0.15, 0.2) is 0 Å². The minimum atomic E-state index is -0.933. The third kappa shape index (κ3) is 769. The van der Waals surface area contributed by atoms with Gasteiger partial charge in [0.25, 0.3) is 35.8 Å². The number of rotatable bonds is 5. The van der Waals surface area contributed by atoms with E-state index in [9.17, 15) is 4.79 Å². The van der Waals surface area contributed by atoms with Crippen LogP contribution in [0.3, 0.4) is 0 Å². The Hall–Kier alpha value is -3.79. The summed E-state index contributed by atoms with van der Waals surface area (Å²) in [6.07, 6.45) is 2.16.